The Morgan fingerprint density at radius 2 is 1.91 bits per heavy atom. The van der Waals surface area contributed by atoms with Gasteiger partial charge in [0.25, 0.3) is 5.56 Å². The largest absolute Gasteiger partial charge is 0.325 e. The van der Waals surface area contributed by atoms with Gasteiger partial charge in [0, 0.05) is 17.8 Å². The van der Waals surface area contributed by atoms with E-state index in [0.717, 1.165) is 17.8 Å². The van der Waals surface area contributed by atoms with Gasteiger partial charge in [-0.2, -0.15) is 5.26 Å². The first-order chi connectivity index (χ1) is 10.7. The lowest BCUT2D eigenvalue weighted by atomic mass is 10.00. The molecule has 3 rings (SSSR count). The summed E-state index contributed by atoms with van der Waals surface area (Å²) < 4.78 is 0. The second kappa shape index (κ2) is 6.17. The highest BCUT2D eigenvalue weighted by Crippen LogP contribution is 2.23. The second-order valence-corrected chi connectivity index (χ2v) is 5.86. The molecule has 0 unspecified atom stereocenters. The molecule has 0 spiro atoms. The Bertz CT molecular complexity index is 762. The molecule has 0 aliphatic carbocycles. The van der Waals surface area contributed by atoms with Gasteiger partial charge >= 0.3 is 0 Å². The van der Waals surface area contributed by atoms with Crippen molar-refractivity contribution < 1.29 is 0 Å². The number of nitriles is 1. The summed E-state index contributed by atoms with van der Waals surface area (Å²) in [5, 5.41) is 9.22. The minimum Gasteiger partial charge on any atom is -0.325 e. The van der Waals surface area contributed by atoms with Gasteiger partial charge in [0.05, 0.1) is 0 Å². The van der Waals surface area contributed by atoms with E-state index < -0.39 is 0 Å². The molecule has 1 N–H and O–H groups in total. The third kappa shape index (κ3) is 2.95. The van der Waals surface area contributed by atoms with Crippen LogP contribution in [-0.4, -0.2) is 23.0 Å². The highest BCUT2D eigenvalue weighted by Gasteiger charge is 2.13. The van der Waals surface area contributed by atoms with Crippen LogP contribution in [0.3, 0.4) is 0 Å². The van der Waals surface area contributed by atoms with E-state index in [9.17, 15) is 10.1 Å². The molecule has 1 aliphatic heterocycles. The zero-order chi connectivity index (χ0) is 15.5. The lowest BCUT2D eigenvalue weighted by Gasteiger charge is -2.14. The summed E-state index contributed by atoms with van der Waals surface area (Å²) in [5.74, 6) is 0. The molecule has 0 saturated carbocycles. The molecule has 4 heteroatoms. The van der Waals surface area contributed by atoms with Crippen molar-refractivity contribution >= 4 is 0 Å². The number of aromatic nitrogens is 1. The van der Waals surface area contributed by atoms with Crippen LogP contribution >= 0.6 is 0 Å². The molecule has 2 aromatic rings. The summed E-state index contributed by atoms with van der Waals surface area (Å²) in [6.45, 7) is 5.15. The molecule has 1 aromatic carbocycles. The number of aromatic amines is 1. The molecule has 0 radical (unpaired) electrons. The number of benzene rings is 1. The quantitative estimate of drug-likeness (QED) is 0.946. The minimum atomic E-state index is -0.321. The Hall–Kier alpha value is -2.38. The Morgan fingerprint density at radius 1 is 1.23 bits per heavy atom. The third-order valence-corrected chi connectivity index (χ3v) is 4.15. The van der Waals surface area contributed by atoms with Crippen LogP contribution < -0.4 is 5.56 Å². The van der Waals surface area contributed by atoms with Crippen molar-refractivity contribution in [2.45, 2.75) is 26.3 Å². The SMILES string of the molecule is Cc1cc(-c2ccc(CN3CCCC3)cc2)c(C#N)c(=O)[nH]1. The summed E-state index contributed by atoms with van der Waals surface area (Å²) in [5.41, 5.74) is 3.51. The van der Waals surface area contributed by atoms with E-state index >= 15 is 0 Å². The summed E-state index contributed by atoms with van der Waals surface area (Å²) in [6, 6.07) is 12.0. The topological polar surface area (TPSA) is 59.9 Å². The molecular formula is C18H19N3O. The molecule has 1 aromatic heterocycles. The van der Waals surface area contributed by atoms with Crippen LogP contribution in [0.2, 0.25) is 0 Å². The molecule has 1 saturated heterocycles. The molecular weight excluding hydrogens is 274 g/mol. The third-order valence-electron chi connectivity index (χ3n) is 4.15. The highest BCUT2D eigenvalue weighted by atomic mass is 16.1. The number of H-pyrrole nitrogens is 1. The van der Waals surface area contributed by atoms with Crippen molar-refractivity contribution in [2.24, 2.45) is 0 Å². The van der Waals surface area contributed by atoms with Crippen LogP contribution in [0.25, 0.3) is 11.1 Å². The van der Waals surface area contributed by atoms with Crippen LogP contribution in [0.4, 0.5) is 0 Å². The monoisotopic (exact) mass is 293 g/mol. The number of aryl methyl sites for hydroxylation is 1. The van der Waals surface area contributed by atoms with Crippen molar-refractivity contribution in [1.82, 2.24) is 9.88 Å². The van der Waals surface area contributed by atoms with Crippen molar-refractivity contribution in [3.63, 3.8) is 0 Å². The standard InChI is InChI=1S/C18H19N3O/c1-13-10-16(17(11-19)18(22)20-13)15-6-4-14(5-7-15)12-21-8-2-3-9-21/h4-7,10H,2-3,8-9,12H2,1H3,(H,20,22). The maximum absolute atomic E-state index is 11.9. The van der Waals surface area contributed by atoms with E-state index in [-0.39, 0.29) is 11.1 Å². The summed E-state index contributed by atoms with van der Waals surface area (Å²) >= 11 is 0. The summed E-state index contributed by atoms with van der Waals surface area (Å²) in [6.07, 6.45) is 2.57. The van der Waals surface area contributed by atoms with Crippen molar-refractivity contribution in [3.05, 3.63) is 57.5 Å². The number of nitrogens with one attached hydrogen (secondary N) is 1. The van der Waals surface area contributed by atoms with Gasteiger partial charge in [0.1, 0.15) is 11.6 Å². The lowest BCUT2D eigenvalue weighted by molar-refractivity contribution is 0.331. The molecule has 1 aliphatic rings. The fourth-order valence-electron chi connectivity index (χ4n) is 3.02. The van der Waals surface area contributed by atoms with E-state index in [4.69, 9.17) is 0 Å². The maximum Gasteiger partial charge on any atom is 0.266 e. The summed E-state index contributed by atoms with van der Waals surface area (Å²) in [4.78, 5) is 17.0. The van der Waals surface area contributed by atoms with Gasteiger partial charge in [-0.05, 0) is 50.0 Å². The number of nitrogens with zero attached hydrogens (tertiary/aromatic N) is 2. The number of pyridine rings is 1. The Labute approximate surface area is 130 Å². The van der Waals surface area contributed by atoms with Crippen molar-refractivity contribution in [2.75, 3.05) is 13.1 Å². The van der Waals surface area contributed by atoms with Gasteiger partial charge in [-0.3, -0.25) is 9.69 Å². The van der Waals surface area contributed by atoms with E-state index in [2.05, 4.69) is 22.0 Å². The van der Waals surface area contributed by atoms with Gasteiger partial charge in [0.2, 0.25) is 0 Å². The fourth-order valence-corrected chi connectivity index (χ4v) is 3.02. The van der Waals surface area contributed by atoms with Crippen LogP contribution in [0, 0.1) is 18.3 Å². The van der Waals surface area contributed by atoms with Gasteiger partial charge < -0.3 is 4.98 Å². The van der Waals surface area contributed by atoms with Crippen molar-refractivity contribution in [3.8, 4) is 17.2 Å². The van der Waals surface area contributed by atoms with Crippen LogP contribution in [-0.2, 0) is 6.54 Å². The maximum atomic E-state index is 11.9. The lowest BCUT2D eigenvalue weighted by Crippen LogP contribution is -2.18. The Kier molecular flexibility index (Phi) is 4.08. The second-order valence-electron chi connectivity index (χ2n) is 5.86. The average molecular weight is 293 g/mol. The van der Waals surface area contributed by atoms with E-state index in [0.29, 0.717) is 5.56 Å². The van der Waals surface area contributed by atoms with Crippen LogP contribution in [0.1, 0.15) is 29.7 Å². The Morgan fingerprint density at radius 3 is 2.55 bits per heavy atom. The molecule has 0 amide bonds. The fraction of sp³-hybridized carbons (Fsp3) is 0.333. The zero-order valence-corrected chi connectivity index (χ0v) is 12.7. The van der Waals surface area contributed by atoms with E-state index in [1.165, 1.54) is 31.5 Å². The molecule has 112 valence electrons. The first-order valence-corrected chi connectivity index (χ1v) is 7.63. The van der Waals surface area contributed by atoms with Gasteiger partial charge in [-0.1, -0.05) is 24.3 Å². The minimum absolute atomic E-state index is 0.179. The number of rotatable bonds is 3. The predicted molar refractivity (Wildman–Crippen MR) is 86.5 cm³/mol. The Balaban J connectivity index is 1.90. The van der Waals surface area contributed by atoms with Gasteiger partial charge in [-0.25, -0.2) is 0 Å². The first-order valence-electron chi connectivity index (χ1n) is 7.63. The van der Waals surface area contributed by atoms with E-state index in [1.807, 2.05) is 31.2 Å². The average Bonchev–Trinajstić information content (AvgIpc) is 3.00. The van der Waals surface area contributed by atoms with E-state index in [1.54, 1.807) is 0 Å². The van der Waals surface area contributed by atoms with Crippen LogP contribution in [0.15, 0.2) is 35.1 Å². The normalized spacial score (nSPS) is 14.9. The molecule has 1 fully saturated rings. The highest BCUT2D eigenvalue weighted by molar-refractivity contribution is 5.70. The predicted octanol–water partition coefficient (Wildman–Crippen LogP) is 2.82. The van der Waals surface area contributed by atoms with Gasteiger partial charge in [0.15, 0.2) is 0 Å². The summed E-state index contributed by atoms with van der Waals surface area (Å²) in [7, 11) is 0. The zero-order valence-electron chi connectivity index (χ0n) is 12.7. The number of hydrogen-bond donors (Lipinski definition) is 1. The first kappa shape index (κ1) is 14.6. The number of likely N-dealkylation sites (tertiary alicyclic amines) is 1. The molecule has 0 bridgehead atoms. The number of hydrogen-bond acceptors (Lipinski definition) is 3. The van der Waals surface area contributed by atoms with Crippen LogP contribution in [0.5, 0.6) is 0 Å². The van der Waals surface area contributed by atoms with Crippen molar-refractivity contribution in [1.29, 1.82) is 5.26 Å². The molecule has 0 atom stereocenters. The molecule has 22 heavy (non-hydrogen) atoms. The van der Waals surface area contributed by atoms with Gasteiger partial charge in [-0.15, -0.1) is 0 Å². The molecule has 2 heterocycles. The molecule has 4 nitrogen and oxygen atoms in total. The smallest absolute Gasteiger partial charge is 0.266 e.